The molecule has 0 atom stereocenters. The van der Waals surface area contributed by atoms with E-state index in [9.17, 15) is 5.11 Å². The number of aromatic nitrogens is 1. The molecule has 0 bridgehead atoms. The summed E-state index contributed by atoms with van der Waals surface area (Å²) in [6.45, 7) is 3.59. The number of halogens is 1. The lowest BCUT2D eigenvalue weighted by atomic mass is 9.78. The van der Waals surface area contributed by atoms with E-state index in [1.807, 2.05) is 0 Å². The van der Waals surface area contributed by atoms with Crippen LogP contribution in [0.3, 0.4) is 0 Å². The Morgan fingerprint density at radius 3 is 2.53 bits per heavy atom. The molecule has 15 heavy (non-hydrogen) atoms. The van der Waals surface area contributed by atoms with Gasteiger partial charge in [0.1, 0.15) is 13.0 Å². The van der Waals surface area contributed by atoms with E-state index in [-0.39, 0.29) is 5.41 Å². The highest BCUT2D eigenvalue weighted by Crippen LogP contribution is 2.54. The molecule has 1 aliphatic rings. The molecule has 0 saturated heterocycles. The van der Waals surface area contributed by atoms with E-state index in [1.165, 1.54) is 0 Å². The molecule has 1 fully saturated rings. The molecule has 1 aliphatic carbocycles. The van der Waals surface area contributed by atoms with Gasteiger partial charge in [-0.2, -0.15) is 0 Å². The van der Waals surface area contributed by atoms with E-state index in [0.717, 1.165) is 18.5 Å². The van der Waals surface area contributed by atoms with Gasteiger partial charge < -0.3 is 5.11 Å². The first-order valence-electron chi connectivity index (χ1n) is 5.02. The van der Waals surface area contributed by atoms with Gasteiger partial charge in [0.25, 0.3) is 0 Å². The molecule has 2 radical (unpaired) electrons. The molecule has 1 saturated carbocycles. The summed E-state index contributed by atoms with van der Waals surface area (Å²) in [6.07, 6.45) is 1.82. The van der Waals surface area contributed by atoms with Gasteiger partial charge in [-0.15, -0.1) is 0 Å². The lowest BCUT2D eigenvalue weighted by Gasteiger charge is -2.30. The van der Waals surface area contributed by atoms with Crippen LogP contribution in [0.4, 0.5) is 0 Å². The topological polar surface area (TPSA) is 33.1 Å². The van der Waals surface area contributed by atoms with Gasteiger partial charge in [0, 0.05) is 11.1 Å². The standard InChI is InChI=1S/C11H13BClNO/c1-10(2,15)11(5-6-11)9-7(12)3-4-8(13)14-9/h3-4,15H,5-6H2,1-2H3. The molecule has 4 heteroatoms. The first kappa shape index (κ1) is 11.0. The molecule has 1 heterocycles. The number of nitrogens with zero attached hydrogens (tertiary/aromatic N) is 1. The third kappa shape index (κ3) is 1.68. The van der Waals surface area contributed by atoms with E-state index in [0.29, 0.717) is 10.6 Å². The Morgan fingerprint density at radius 1 is 1.47 bits per heavy atom. The summed E-state index contributed by atoms with van der Waals surface area (Å²) in [5.74, 6) is 0. The Morgan fingerprint density at radius 2 is 2.07 bits per heavy atom. The molecule has 0 spiro atoms. The van der Waals surface area contributed by atoms with E-state index >= 15 is 0 Å². The van der Waals surface area contributed by atoms with Crippen LogP contribution in [0.1, 0.15) is 32.4 Å². The highest BCUT2D eigenvalue weighted by molar-refractivity contribution is 6.34. The zero-order chi connectivity index (χ0) is 11.3. The largest absolute Gasteiger partial charge is 0.389 e. The quantitative estimate of drug-likeness (QED) is 0.604. The van der Waals surface area contributed by atoms with Crippen molar-refractivity contribution >= 4 is 24.9 Å². The maximum absolute atomic E-state index is 10.1. The van der Waals surface area contributed by atoms with Gasteiger partial charge in [-0.05, 0) is 32.8 Å². The second-order valence-electron chi connectivity index (χ2n) is 4.71. The van der Waals surface area contributed by atoms with Gasteiger partial charge in [0.05, 0.1) is 5.60 Å². The summed E-state index contributed by atoms with van der Waals surface area (Å²) in [5.41, 5.74) is 0.238. The van der Waals surface area contributed by atoms with Crippen LogP contribution in [0.2, 0.25) is 5.15 Å². The van der Waals surface area contributed by atoms with Crippen LogP contribution in [-0.2, 0) is 5.41 Å². The zero-order valence-electron chi connectivity index (χ0n) is 8.92. The van der Waals surface area contributed by atoms with Crippen molar-refractivity contribution in [2.45, 2.75) is 37.7 Å². The van der Waals surface area contributed by atoms with Gasteiger partial charge >= 0.3 is 0 Å². The molecule has 2 rings (SSSR count). The van der Waals surface area contributed by atoms with Crippen LogP contribution in [0, 0.1) is 0 Å². The lowest BCUT2D eigenvalue weighted by Crippen LogP contribution is -2.40. The normalized spacial score (nSPS) is 18.9. The molecule has 1 aromatic rings. The van der Waals surface area contributed by atoms with E-state index < -0.39 is 5.60 Å². The summed E-state index contributed by atoms with van der Waals surface area (Å²) in [7, 11) is 5.88. The van der Waals surface area contributed by atoms with Crippen LogP contribution in [0.15, 0.2) is 12.1 Å². The lowest BCUT2D eigenvalue weighted by molar-refractivity contribution is 0.0369. The SMILES string of the molecule is [B]c1ccc(Cl)nc1C1(C(C)(C)O)CC1. The fourth-order valence-corrected chi connectivity index (χ4v) is 2.24. The van der Waals surface area contributed by atoms with Crippen LogP contribution in [-0.4, -0.2) is 23.5 Å². The molecule has 2 nitrogen and oxygen atoms in total. The number of hydrogen-bond donors (Lipinski definition) is 1. The average Bonchev–Trinajstić information content (AvgIpc) is 2.88. The molecule has 0 aliphatic heterocycles. The third-order valence-corrected chi connectivity index (χ3v) is 3.48. The first-order chi connectivity index (χ1) is 6.87. The smallest absolute Gasteiger partial charge is 0.129 e. The highest BCUT2D eigenvalue weighted by Gasteiger charge is 2.56. The molecule has 0 amide bonds. The van der Waals surface area contributed by atoms with Crippen LogP contribution in [0.5, 0.6) is 0 Å². The van der Waals surface area contributed by atoms with Gasteiger partial charge in [0.2, 0.25) is 0 Å². The Bertz CT molecular complexity index is 396. The van der Waals surface area contributed by atoms with Crippen LogP contribution in [0.25, 0.3) is 0 Å². The molecule has 0 unspecified atom stereocenters. The van der Waals surface area contributed by atoms with Crippen molar-refractivity contribution in [3.63, 3.8) is 0 Å². The van der Waals surface area contributed by atoms with E-state index in [1.54, 1.807) is 26.0 Å². The fourth-order valence-electron chi connectivity index (χ4n) is 2.09. The Labute approximate surface area is 96.1 Å². The van der Waals surface area contributed by atoms with E-state index in [4.69, 9.17) is 19.4 Å². The van der Waals surface area contributed by atoms with Crippen molar-refractivity contribution in [2.24, 2.45) is 0 Å². The number of hydrogen-bond acceptors (Lipinski definition) is 2. The minimum atomic E-state index is -0.807. The maximum atomic E-state index is 10.1. The number of aliphatic hydroxyl groups is 1. The van der Waals surface area contributed by atoms with Gasteiger partial charge in [-0.3, -0.25) is 0 Å². The first-order valence-corrected chi connectivity index (χ1v) is 5.39. The van der Waals surface area contributed by atoms with Gasteiger partial charge in [0.15, 0.2) is 0 Å². The molecule has 78 valence electrons. The second-order valence-corrected chi connectivity index (χ2v) is 5.10. The van der Waals surface area contributed by atoms with Crippen molar-refractivity contribution in [1.29, 1.82) is 0 Å². The van der Waals surface area contributed by atoms with E-state index in [2.05, 4.69) is 4.98 Å². The number of rotatable bonds is 2. The predicted octanol–water partition coefficient (Wildman–Crippen LogP) is 1.33. The minimum absolute atomic E-state index is 0.304. The minimum Gasteiger partial charge on any atom is -0.389 e. The summed E-state index contributed by atoms with van der Waals surface area (Å²) >= 11 is 5.85. The Balaban J connectivity index is 2.50. The third-order valence-electron chi connectivity index (χ3n) is 3.27. The molecular formula is C11H13BClNO. The number of pyridine rings is 1. The van der Waals surface area contributed by atoms with Crippen molar-refractivity contribution in [1.82, 2.24) is 4.98 Å². The molecular weight excluding hydrogens is 208 g/mol. The Kier molecular flexibility index (Phi) is 2.36. The summed E-state index contributed by atoms with van der Waals surface area (Å²) in [5, 5.41) is 10.6. The second kappa shape index (κ2) is 3.23. The fraction of sp³-hybridized carbons (Fsp3) is 0.545. The molecule has 1 aromatic heterocycles. The van der Waals surface area contributed by atoms with Crippen molar-refractivity contribution < 1.29 is 5.11 Å². The van der Waals surface area contributed by atoms with Crippen LogP contribution < -0.4 is 5.46 Å². The molecule has 1 N–H and O–H groups in total. The maximum Gasteiger partial charge on any atom is 0.129 e. The average molecular weight is 221 g/mol. The van der Waals surface area contributed by atoms with Gasteiger partial charge in [-0.1, -0.05) is 23.1 Å². The van der Waals surface area contributed by atoms with Crippen molar-refractivity contribution in [3.05, 3.63) is 23.0 Å². The zero-order valence-corrected chi connectivity index (χ0v) is 9.67. The Hall–Kier alpha value is -0.535. The summed E-state index contributed by atoms with van der Waals surface area (Å²) < 4.78 is 0. The van der Waals surface area contributed by atoms with Crippen molar-refractivity contribution in [2.75, 3.05) is 0 Å². The summed E-state index contributed by atoms with van der Waals surface area (Å²) in [6, 6.07) is 3.41. The summed E-state index contributed by atoms with van der Waals surface area (Å²) in [4.78, 5) is 4.25. The highest BCUT2D eigenvalue weighted by atomic mass is 35.5. The predicted molar refractivity (Wildman–Crippen MR) is 61.8 cm³/mol. The van der Waals surface area contributed by atoms with Gasteiger partial charge in [-0.25, -0.2) is 4.98 Å². The monoisotopic (exact) mass is 221 g/mol. The van der Waals surface area contributed by atoms with Crippen LogP contribution >= 0.6 is 11.6 Å². The van der Waals surface area contributed by atoms with Crippen molar-refractivity contribution in [3.8, 4) is 0 Å². The molecule has 0 aromatic carbocycles.